The van der Waals surface area contributed by atoms with Crippen molar-refractivity contribution in [2.24, 2.45) is 10.7 Å². The molecule has 3 amide bonds. The Kier molecular flexibility index (Phi) is 12.1. The highest BCUT2D eigenvalue weighted by Gasteiger charge is 2.26. The molecule has 2 rings (SSSR count). The number of unbranched alkanes of at least 4 members (excludes halogenated alkanes) is 2. The van der Waals surface area contributed by atoms with Gasteiger partial charge in [0.2, 0.25) is 5.91 Å². The molecule has 0 spiro atoms. The molecule has 5 N–H and O–H groups in total. The Hall–Kier alpha value is -2.94. The van der Waals surface area contributed by atoms with E-state index in [9.17, 15) is 14.4 Å². The first-order chi connectivity index (χ1) is 16.5. The van der Waals surface area contributed by atoms with Crippen molar-refractivity contribution in [3.8, 4) is 0 Å². The Morgan fingerprint density at radius 2 is 1.65 bits per heavy atom. The van der Waals surface area contributed by atoms with Crippen LogP contribution in [0.3, 0.4) is 0 Å². The molecule has 9 heteroatoms. The number of likely N-dealkylation sites (N-methyl/N-ethyl adjacent to an activating group) is 1. The summed E-state index contributed by atoms with van der Waals surface area (Å²) in [5.74, 6) is 0.0701. The van der Waals surface area contributed by atoms with Gasteiger partial charge in [0, 0.05) is 37.3 Å². The molecule has 34 heavy (non-hydrogen) atoms. The molecule has 1 aliphatic heterocycles. The zero-order valence-electron chi connectivity index (χ0n) is 20.6. The van der Waals surface area contributed by atoms with Gasteiger partial charge in [-0.3, -0.25) is 19.4 Å². The van der Waals surface area contributed by atoms with Gasteiger partial charge in [-0.25, -0.2) is 0 Å². The van der Waals surface area contributed by atoms with E-state index in [0.717, 1.165) is 45.2 Å². The minimum Gasteiger partial charge on any atom is -0.386 e. The van der Waals surface area contributed by atoms with Crippen LogP contribution in [0.25, 0.3) is 0 Å². The molecule has 1 atom stereocenters. The van der Waals surface area contributed by atoms with Crippen LogP contribution in [0.15, 0.2) is 29.3 Å². The number of hydrogen-bond acceptors (Lipinski definition) is 5. The van der Waals surface area contributed by atoms with Gasteiger partial charge in [-0.1, -0.05) is 19.4 Å². The zero-order chi connectivity index (χ0) is 24.8. The molecule has 0 aliphatic carbocycles. The largest absolute Gasteiger partial charge is 0.386 e. The van der Waals surface area contributed by atoms with Gasteiger partial charge < -0.3 is 26.6 Å². The quantitative estimate of drug-likeness (QED) is 0.186. The Morgan fingerprint density at radius 3 is 2.24 bits per heavy atom. The number of aliphatic imine (C=N–C) groups is 1. The molecule has 0 saturated carbocycles. The number of amidine groups is 1. The third kappa shape index (κ3) is 9.13. The second-order valence-corrected chi connectivity index (χ2v) is 8.64. The predicted molar refractivity (Wildman–Crippen MR) is 135 cm³/mol. The lowest BCUT2D eigenvalue weighted by Crippen LogP contribution is -2.38. The molecule has 1 fully saturated rings. The fourth-order valence-corrected chi connectivity index (χ4v) is 3.87. The summed E-state index contributed by atoms with van der Waals surface area (Å²) in [6, 6.07) is 6.25. The van der Waals surface area contributed by atoms with E-state index in [-0.39, 0.29) is 17.7 Å². The van der Waals surface area contributed by atoms with Crippen LogP contribution in [0.2, 0.25) is 0 Å². The average molecular weight is 473 g/mol. The molecule has 1 unspecified atom stereocenters. The second-order valence-electron chi connectivity index (χ2n) is 8.64. The van der Waals surface area contributed by atoms with Crippen LogP contribution in [0.4, 0.5) is 0 Å². The third-order valence-corrected chi connectivity index (χ3v) is 5.78. The van der Waals surface area contributed by atoms with Gasteiger partial charge in [0.15, 0.2) is 0 Å². The third-order valence-electron chi connectivity index (χ3n) is 5.78. The molecule has 9 nitrogen and oxygen atoms in total. The van der Waals surface area contributed by atoms with Gasteiger partial charge in [-0.05, 0) is 63.8 Å². The first-order valence-electron chi connectivity index (χ1n) is 12.4. The molecule has 1 saturated heterocycles. The summed E-state index contributed by atoms with van der Waals surface area (Å²) >= 11 is 0. The van der Waals surface area contributed by atoms with Crippen molar-refractivity contribution in [2.75, 3.05) is 39.8 Å². The summed E-state index contributed by atoms with van der Waals surface area (Å²) in [6.07, 6.45) is 6.02. The Labute approximate surface area is 202 Å². The van der Waals surface area contributed by atoms with Crippen LogP contribution in [0, 0.1) is 0 Å². The summed E-state index contributed by atoms with van der Waals surface area (Å²) in [5, 5.41) is 8.72. The molecule has 1 heterocycles. The van der Waals surface area contributed by atoms with Crippen molar-refractivity contribution in [2.45, 2.75) is 57.9 Å². The average Bonchev–Trinajstić information content (AvgIpc) is 3.38. The number of nitrogens with zero attached hydrogens (tertiary/aromatic N) is 2. The number of likely N-dealkylation sites (tertiary alicyclic amines) is 1. The van der Waals surface area contributed by atoms with Crippen molar-refractivity contribution in [1.29, 1.82) is 0 Å². The molecular formula is C25H40N6O3. The standard InChI is InChI=1S/C25H40N6O3/c1-3-4-13-28-23(32)19-10-9-11-20(17-19)24(33)29-14-6-5-12-21(30-22(26)18-27-2)25(34)31-15-7-8-16-31/h9-11,17,21,27H,3-8,12-16,18H2,1-2H3,(H2,26,30)(H,28,32)(H,29,33). The van der Waals surface area contributed by atoms with Crippen LogP contribution in [0.5, 0.6) is 0 Å². The first kappa shape index (κ1) is 27.3. The number of benzene rings is 1. The lowest BCUT2D eigenvalue weighted by atomic mass is 10.1. The van der Waals surface area contributed by atoms with Gasteiger partial charge in [0.05, 0.1) is 6.54 Å². The van der Waals surface area contributed by atoms with Gasteiger partial charge in [0.25, 0.3) is 11.8 Å². The van der Waals surface area contributed by atoms with Crippen molar-refractivity contribution in [3.63, 3.8) is 0 Å². The highest BCUT2D eigenvalue weighted by molar-refractivity contribution is 5.99. The SMILES string of the molecule is CCCCNC(=O)c1cccc(C(=O)NCCCCC(N=C(N)CNC)C(=O)N2CCCC2)c1. The Balaban J connectivity index is 1.82. The number of amides is 3. The van der Waals surface area contributed by atoms with E-state index in [0.29, 0.717) is 49.4 Å². The van der Waals surface area contributed by atoms with Crippen LogP contribution < -0.4 is 21.7 Å². The summed E-state index contributed by atoms with van der Waals surface area (Å²) in [5.41, 5.74) is 6.88. The summed E-state index contributed by atoms with van der Waals surface area (Å²) < 4.78 is 0. The molecular weight excluding hydrogens is 432 g/mol. The van der Waals surface area contributed by atoms with E-state index < -0.39 is 6.04 Å². The van der Waals surface area contributed by atoms with Crippen LogP contribution >= 0.6 is 0 Å². The number of carbonyl (C=O) groups excluding carboxylic acids is 3. The zero-order valence-corrected chi connectivity index (χ0v) is 20.6. The van der Waals surface area contributed by atoms with E-state index in [1.54, 1.807) is 31.3 Å². The van der Waals surface area contributed by atoms with Crippen molar-refractivity contribution >= 4 is 23.6 Å². The maximum absolute atomic E-state index is 12.9. The van der Waals surface area contributed by atoms with Crippen LogP contribution in [0.1, 0.15) is 72.6 Å². The summed E-state index contributed by atoms with van der Waals surface area (Å²) in [4.78, 5) is 43.9. The maximum Gasteiger partial charge on any atom is 0.251 e. The van der Waals surface area contributed by atoms with E-state index >= 15 is 0 Å². The summed E-state index contributed by atoms with van der Waals surface area (Å²) in [7, 11) is 1.79. The van der Waals surface area contributed by atoms with Crippen LogP contribution in [-0.4, -0.2) is 74.3 Å². The number of rotatable bonds is 14. The van der Waals surface area contributed by atoms with E-state index in [4.69, 9.17) is 5.73 Å². The smallest absolute Gasteiger partial charge is 0.251 e. The van der Waals surface area contributed by atoms with E-state index in [1.165, 1.54) is 0 Å². The Morgan fingerprint density at radius 1 is 1.03 bits per heavy atom. The van der Waals surface area contributed by atoms with Crippen LogP contribution in [-0.2, 0) is 4.79 Å². The number of carbonyl (C=O) groups is 3. The normalized spacial score (nSPS) is 14.6. The number of hydrogen-bond donors (Lipinski definition) is 4. The summed E-state index contributed by atoms with van der Waals surface area (Å²) in [6.45, 7) is 5.17. The lowest BCUT2D eigenvalue weighted by molar-refractivity contribution is -0.131. The number of nitrogens with one attached hydrogen (secondary N) is 3. The van der Waals surface area contributed by atoms with E-state index in [1.807, 2.05) is 4.90 Å². The lowest BCUT2D eigenvalue weighted by Gasteiger charge is -2.21. The molecule has 1 aromatic rings. The minimum absolute atomic E-state index is 0.0367. The van der Waals surface area contributed by atoms with Crippen molar-refractivity contribution in [3.05, 3.63) is 35.4 Å². The topological polar surface area (TPSA) is 129 Å². The minimum atomic E-state index is -0.481. The van der Waals surface area contributed by atoms with E-state index in [2.05, 4.69) is 27.9 Å². The highest BCUT2D eigenvalue weighted by atomic mass is 16.2. The molecule has 0 radical (unpaired) electrons. The van der Waals surface area contributed by atoms with Crippen molar-refractivity contribution in [1.82, 2.24) is 20.9 Å². The monoisotopic (exact) mass is 472 g/mol. The molecule has 1 aromatic carbocycles. The van der Waals surface area contributed by atoms with Crippen molar-refractivity contribution < 1.29 is 14.4 Å². The number of nitrogens with two attached hydrogens (primary N) is 1. The Bertz CT molecular complexity index is 836. The molecule has 0 bridgehead atoms. The molecule has 1 aliphatic rings. The fourth-order valence-electron chi connectivity index (χ4n) is 3.87. The van der Waals surface area contributed by atoms with Gasteiger partial charge in [0.1, 0.15) is 11.9 Å². The van der Waals surface area contributed by atoms with Gasteiger partial charge >= 0.3 is 0 Å². The highest BCUT2D eigenvalue weighted by Crippen LogP contribution is 2.14. The molecule has 0 aromatic heterocycles. The van der Waals surface area contributed by atoms with Gasteiger partial charge in [-0.15, -0.1) is 0 Å². The molecule has 188 valence electrons. The predicted octanol–water partition coefficient (Wildman–Crippen LogP) is 1.68. The maximum atomic E-state index is 12.9. The fraction of sp³-hybridized carbons (Fsp3) is 0.600. The first-order valence-corrected chi connectivity index (χ1v) is 12.4. The van der Waals surface area contributed by atoms with Gasteiger partial charge in [-0.2, -0.15) is 0 Å². The second kappa shape index (κ2) is 15.1.